The topological polar surface area (TPSA) is 26.3 Å². The molecule has 0 N–H and O–H groups in total. The largest absolute Gasteiger partial charge is 0.465 e. The Morgan fingerprint density at radius 3 is 1.86 bits per heavy atom. The maximum absolute atomic E-state index is 12.4. The van der Waals surface area contributed by atoms with Crippen LogP contribution in [-0.4, -0.2) is 12.6 Å². The van der Waals surface area contributed by atoms with Crippen LogP contribution in [0.5, 0.6) is 0 Å². The molecule has 116 valence electrons. The van der Waals surface area contributed by atoms with Gasteiger partial charge in [0.2, 0.25) is 0 Å². The first kappa shape index (κ1) is 16.3. The van der Waals surface area contributed by atoms with E-state index in [0.29, 0.717) is 6.61 Å². The molecule has 2 aromatic rings. The second kappa shape index (κ2) is 9.04. The maximum Gasteiger partial charge on any atom is 0.309 e. The van der Waals surface area contributed by atoms with Crippen molar-refractivity contribution in [3.63, 3.8) is 0 Å². The van der Waals surface area contributed by atoms with E-state index >= 15 is 0 Å². The lowest BCUT2D eigenvalue weighted by atomic mass is 9.92. The molecule has 0 aromatic heterocycles. The van der Waals surface area contributed by atoms with E-state index in [4.69, 9.17) is 4.74 Å². The van der Waals surface area contributed by atoms with Gasteiger partial charge in [0.1, 0.15) is 0 Å². The van der Waals surface area contributed by atoms with Crippen LogP contribution in [0.2, 0.25) is 0 Å². The molecular weight excluding hydrogens is 272 g/mol. The van der Waals surface area contributed by atoms with E-state index in [9.17, 15) is 4.79 Å². The third-order valence-electron chi connectivity index (χ3n) is 3.73. The Morgan fingerprint density at radius 2 is 1.41 bits per heavy atom. The summed E-state index contributed by atoms with van der Waals surface area (Å²) in [5.41, 5.74) is 2.35. The van der Waals surface area contributed by atoms with Gasteiger partial charge in [-0.1, -0.05) is 74.0 Å². The summed E-state index contributed by atoms with van der Waals surface area (Å²) in [7, 11) is 0. The molecule has 2 heteroatoms. The first-order valence-corrected chi connectivity index (χ1v) is 8.04. The molecule has 0 spiro atoms. The normalized spacial score (nSPS) is 10.6. The highest BCUT2D eigenvalue weighted by atomic mass is 16.5. The number of unbranched alkanes of at least 4 members (excludes halogenated alkanes) is 1. The van der Waals surface area contributed by atoms with Gasteiger partial charge < -0.3 is 4.74 Å². The van der Waals surface area contributed by atoms with E-state index in [0.717, 1.165) is 25.7 Å². The van der Waals surface area contributed by atoms with Crippen LogP contribution in [0, 0.1) is 5.92 Å². The summed E-state index contributed by atoms with van der Waals surface area (Å²) in [6, 6.07) is 20.3. The first-order chi connectivity index (χ1) is 10.8. The summed E-state index contributed by atoms with van der Waals surface area (Å²) in [6.07, 6.45) is 3.41. The molecule has 0 saturated carbocycles. The summed E-state index contributed by atoms with van der Waals surface area (Å²) in [5.74, 6) is -0.206. The molecule has 0 radical (unpaired) electrons. The van der Waals surface area contributed by atoms with Crippen LogP contribution in [0.4, 0.5) is 0 Å². The fourth-order valence-corrected chi connectivity index (χ4v) is 2.47. The van der Waals surface area contributed by atoms with Crippen molar-refractivity contribution in [2.75, 3.05) is 6.61 Å². The van der Waals surface area contributed by atoms with Gasteiger partial charge in [-0.15, -0.1) is 0 Å². The standard InChI is InChI=1S/C20H24O2/c1-2-3-14-22-20(21)19(15-17-10-6-4-7-11-17)16-18-12-8-5-9-13-18/h4-13,19H,2-3,14-16H2,1H3. The van der Waals surface area contributed by atoms with E-state index in [2.05, 4.69) is 31.2 Å². The lowest BCUT2D eigenvalue weighted by Crippen LogP contribution is -2.23. The Hall–Kier alpha value is -2.09. The van der Waals surface area contributed by atoms with Crippen molar-refractivity contribution in [3.05, 3.63) is 71.8 Å². The van der Waals surface area contributed by atoms with Crippen LogP contribution in [0.25, 0.3) is 0 Å². The van der Waals surface area contributed by atoms with E-state index in [1.165, 1.54) is 11.1 Å². The van der Waals surface area contributed by atoms with Crippen LogP contribution in [0.3, 0.4) is 0 Å². The van der Waals surface area contributed by atoms with Crippen LogP contribution >= 0.6 is 0 Å². The second-order valence-electron chi connectivity index (χ2n) is 5.60. The Bertz CT molecular complexity index is 507. The van der Waals surface area contributed by atoms with Gasteiger partial charge in [0.25, 0.3) is 0 Å². The monoisotopic (exact) mass is 296 g/mol. The zero-order valence-electron chi connectivity index (χ0n) is 13.2. The highest BCUT2D eigenvalue weighted by Gasteiger charge is 2.21. The molecule has 0 fully saturated rings. The molecule has 0 amide bonds. The number of benzene rings is 2. The van der Waals surface area contributed by atoms with Gasteiger partial charge >= 0.3 is 5.97 Å². The minimum atomic E-state index is -0.123. The fourth-order valence-electron chi connectivity index (χ4n) is 2.47. The molecule has 22 heavy (non-hydrogen) atoms. The lowest BCUT2D eigenvalue weighted by molar-refractivity contribution is -0.148. The molecule has 0 atom stereocenters. The quantitative estimate of drug-likeness (QED) is 0.532. The van der Waals surface area contributed by atoms with Gasteiger partial charge in [-0.3, -0.25) is 4.79 Å². The Labute approximate surface area is 133 Å². The third kappa shape index (κ3) is 5.36. The molecule has 0 bridgehead atoms. The molecule has 2 rings (SSSR count). The molecule has 0 saturated heterocycles. The number of rotatable bonds is 8. The van der Waals surface area contributed by atoms with Gasteiger partial charge in [-0.2, -0.15) is 0 Å². The van der Waals surface area contributed by atoms with Crippen LogP contribution in [0.15, 0.2) is 60.7 Å². The van der Waals surface area contributed by atoms with Gasteiger partial charge in [-0.25, -0.2) is 0 Å². The summed E-state index contributed by atoms with van der Waals surface area (Å²) in [6.45, 7) is 2.62. The number of carbonyl (C=O) groups is 1. The van der Waals surface area contributed by atoms with Crippen molar-refractivity contribution in [2.45, 2.75) is 32.6 Å². The molecule has 0 aliphatic heterocycles. The van der Waals surface area contributed by atoms with Crippen LogP contribution < -0.4 is 0 Å². The minimum Gasteiger partial charge on any atom is -0.465 e. The lowest BCUT2D eigenvalue weighted by Gasteiger charge is -2.16. The smallest absolute Gasteiger partial charge is 0.309 e. The molecule has 2 aromatic carbocycles. The van der Waals surface area contributed by atoms with Crippen molar-refractivity contribution in [1.82, 2.24) is 0 Å². The number of esters is 1. The van der Waals surface area contributed by atoms with Crippen molar-refractivity contribution >= 4 is 5.97 Å². The highest BCUT2D eigenvalue weighted by Crippen LogP contribution is 2.16. The first-order valence-electron chi connectivity index (χ1n) is 8.04. The Kier molecular flexibility index (Phi) is 6.69. The predicted octanol–water partition coefficient (Wildman–Crippen LogP) is 4.43. The molecule has 0 aliphatic rings. The molecular formula is C20H24O2. The predicted molar refractivity (Wildman–Crippen MR) is 89.6 cm³/mol. The van der Waals surface area contributed by atoms with E-state index in [1.54, 1.807) is 0 Å². The summed E-state index contributed by atoms with van der Waals surface area (Å²) in [4.78, 5) is 12.4. The molecule has 0 heterocycles. The van der Waals surface area contributed by atoms with Crippen molar-refractivity contribution < 1.29 is 9.53 Å². The van der Waals surface area contributed by atoms with Crippen LogP contribution in [0.1, 0.15) is 30.9 Å². The number of ether oxygens (including phenoxy) is 1. The number of hydrogen-bond donors (Lipinski definition) is 0. The molecule has 0 aliphatic carbocycles. The highest BCUT2D eigenvalue weighted by molar-refractivity contribution is 5.73. The zero-order chi connectivity index (χ0) is 15.6. The average Bonchev–Trinajstić information content (AvgIpc) is 2.56. The number of hydrogen-bond acceptors (Lipinski definition) is 2. The van der Waals surface area contributed by atoms with Crippen LogP contribution in [-0.2, 0) is 22.4 Å². The Morgan fingerprint density at radius 1 is 0.909 bits per heavy atom. The zero-order valence-corrected chi connectivity index (χ0v) is 13.2. The number of carbonyl (C=O) groups excluding carboxylic acids is 1. The van der Waals surface area contributed by atoms with Crippen molar-refractivity contribution in [1.29, 1.82) is 0 Å². The van der Waals surface area contributed by atoms with Gasteiger partial charge in [-0.05, 0) is 30.4 Å². The average molecular weight is 296 g/mol. The fraction of sp³-hybridized carbons (Fsp3) is 0.350. The minimum absolute atomic E-state index is 0.0823. The van der Waals surface area contributed by atoms with E-state index < -0.39 is 0 Å². The third-order valence-corrected chi connectivity index (χ3v) is 3.73. The van der Waals surface area contributed by atoms with E-state index in [-0.39, 0.29) is 11.9 Å². The summed E-state index contributed by atoms with van der Waals surface area (Å²) < 4.78 is 5.45. The SMILES string of the molecule is CCCCOC(=O)C(Cc1ccccc1)Cc1ccccc1. The molecule has 0 unspecified atom stereocenters. The van der Waals surface area contributed by atoms with Crippen molar-refractivity contribution in [3.8, 4) is 0 Å². The van der Waals surface area contributed by atoms with Gasteiger partial charge in [0.05, 0.1) is 12.5 Å². The second-order valence-corrected chi connectivity index (χ2v) is 5.60. The molecule has 2 nitrogen and oxygen atoms in total. The van der Waals surface area contributed by atoms with Gasteiger partial charge in [0, 0.05) is 0 Å². The van der Waals surface area contributed by atoms with E-state index in [1.807, 2.05) is 36.4 Å². The Balaban J connectivity index is 2.04. The van der Waals surface area contributed by atoms with Gasteiger partial charge in [0.15, 0.2) is 0 Å². The summed E-state index contributed by atoms with van der Waals surface area (Å²) >= 11 is 0. The van der Waals surface area contributed by atoms with Crippen molar-refractivity contribution in [2.24, 2.45) is 5.92 Å². The maximum atomic E-state index is 12.4. The summed E-state index contributed by atoms with van der Waals surface area (Å²) in [5, 5.41) is 0.